The Labute approximate surface area is 140 Å². The summed E-state index contributed by atoms with van der Waals surface area (Å²) < 4.78 is 0. The number of hydrogen-bond acceptors (Lipinski definition) is 3. The predicted octanol–water partition coefficient (Wildman–Crippen LogP) is 4.48. The molecule has 0 spiro atoms. The fraction of sp³-hybridized carbons (Fsp3) is 0.200. The van der Waals surface area contributed by atoms with Crippen molar-refractivity contribution >= 4 is 33.9 Å². The van der Waals surface area contributed by atoms with Gasteiger partial charge < -0.3 is 10.6 Å². The SMILES string of the molecule is Cc1cc2c(c(Nc3ccc4nc(C)ccc4c3)c1)NC(=O)CC2. The Morgan fingerprint density at radius 2 is 1.92 bits per heavy atom. The summed E-state index contributed by atoms with van der Waals surface area (Å²) in [4.78, 5) is 16.3. The molecule has 2 N–H and O–H groups in total. The number of fused-ring (bicyclic) bond motifs is 2. The van der Waals surface area contributed by atoms with Crippen molar-refractivity contribution in [2.45, 2.75) is 26.7 Å². The molecule has 0 saturated carbocycles. The van der Waals surface area contributed by atoms with Gasteiger partial charge in [-0.05, 0) is 61.7 Å². The van der Waals surface area contributed by atoms with Gasteiger partial charge in [-0.25, -0.2) is 0 Å². The molecule has 0 bridgehead atoms. The van der Waals surface area contributed by atoms with Crippen molar-refractivity contribution in [3.8, 4) is 0 Å². The topological polar surface area (TPSA) is 54.0 Å². The summed E-state index contributed by atoms with van der Waals surface area (Å²) in [7, 11) is 0. The molecule has 0 aliphatic carbocycles. The number of nitrogens with zero attached hydrogens (tertiary/aromatic N) is 1. The number of aromatic nitrogens is 1. The van der Waals surface area contributed by atoms with Crippen molar-refractivity contribution in [1.82, 2.24) is 4.98 Å². The summed E-state index contributed by atoms with van der Waals surface area (Å²) in [5.74, 6) is 0.0765. The minimum Gasteiger partial charge on any atom is -0.354 e. The molecular formula is C20H19N3O. The van der Waals surface area contributed by atoms with E-state index in [1.807, 2.05) is 25.1 Å². The van der Waals surface area contributed by atoms with Gasteiger partial charge in [-0.1, -0.05) is 12.1 Å². The van der Waals surface area contributed by atoms with Crippen molar-refractivity contribution in [1.29, 1.82) is 0 Å². The molecule has 0 fully saturated rings. The summed E-state index contributed by atoms with van der Waals surface area (Å²) in [5, 5.41) is 7.56. The Morgan fingerprint density at radius 1 is 1.04 bits per heavy atom. The minimum absolute atomic E-state index is 0.0765. The first-order valence-corrected chi connectivity index (χ1v) is 8.16. The van der Waals surface area contributed by atoms with E-state index < -0.39 is 0 Å². The molecule has 0 radical (unpaired) electrons. The zero-order valence-electron chi connectivity index (χ0n) is 13.8. The van der Waals surface area contributed by atoms with Crippen LogP contribution in [0, 0.1) is 13.8 Å². The fourth-order valence-electron chi connectivity index (χ4n) is 3.22. The lowest BCUT2D eigenvalue weighted by Crippen LogP contribution is -2.20. The summed E-state index contributed by atoms with van der Waals surface area (Å²) in [6.45, 7) is 4.07. The van der Waals surface area contributed by atoms with Crippen LogP contribution in [0.1, 0.15) is 23.2 Å². The highest BCUT2D eigenvalue weighted by Gasteiger charge is 2.18. The first-order chi connectivity index (χ1) is 11.6. The largest absolute Gasteiger partial charge is 0.354 e. The zero-order valence-corrected chi connectivity index (χ0v) is 13.8. The normalized spacial score (nSPS) is 13.5. The van der Waals surface area contributed by atoms with E-state index in [2.05, 4.69) is 46.8 Å². The molecule has 0 unspecified atom stereocenters. The van der Waals surface area contributed by atoms with Gasteiger partial charge in [0.05, 0.1) is 16.9 Å². The van der Waals surface area contributed by atoms with E-state index in [1.165, 1.54) is 11.1 Å². The van der Waals surface area contributed by atoms with Crippen LogP contribution in [0.3, 0.4) is 0 Å². The van der Waals surface area contributed by atoms with E-state index in [0.717, 1.165) is 40.1 Å². The van der Waals surface area contributed by atoms with Crippen LogP contribution in [-0.4, -0.2) is 10.9 Å². The highest BCUT2D eigenvalue weighted by Crippen LogP contribution is 2.34. The molecule has 4 heteroatoms. The molecule has 0 atom stereocenters. The van der Waals surface area contributed by atoms with Crippen LogP contribution < -0.4 is 10.6 Å². The Bertz CT molecular complexity index is 963. The Balaban J connectivity index is 1.74. The molecule has 24 heavy (non-hydrogen) atoms. The second-order valence-corrected chi connectivity index (χ2v) is 6.38. The maximum Gasteiger partial charge on any atom is 0.224 e. The first kappa shape index (κ1) is 14.7. The number of aryl methyl sites for hydroxylation is 3. The fourth-order valence-corrected chi connectivity index (χ4v) is 3.22. The molecule has 2 heterocycles. The molecule has 1 aromatic heterocycles. The van der Waals surface area contributed by atoms with Gasteiger partial charge in [0.1, 0.15) is 0 Å². The summed E-state index contributed by atoms with van der Waals surface area (Å²) in [6.07, 6.45) is 1.34. The van der Waals surface area contributed by atoms with Gasteiger partial charge in [0.2, 0.25) is 5.91 Å². The van der Waals surface area contributed by atoms with E-state index in [0.29, 0.717) is 6.42 Å². The van der Waals surface area contributed by atoms with E-state index in [-0.39, 0.29) is 5.91 Å². The number of pyridine rings is 1. The van der Waals surface area contributed by atoms with E-state index in [4.69, 9.17) is 0 Å². The number of carbonyl (C=O) groups is 1. The van der Waals surface area contributed by atoms with Gasteiger partial charge in [-0.2, -0.15) is 0 Å². The first-order valence-electron chi connectivity index (χ1n) is 8.16. The third kappa shape index (κ3) is 2.71. The lowest BCUT2D eigenvalue weighted by molar-refractivity contribution is -0.116. The van der Waals surface area contributed by atoms with E-state index in [1.54, 1.807) is 0 Å². The molecule has 0 saturated heterocycles. The molecule has 4 nitrogen and oxygen atoms in total. The van der Waals surface area contributed by atoms with Crippen molar-refractivity contribution in [3.05, 3.63) is 59.3 Å². The standard InChI is InChI=1S/C20H19N3O/c1-12-9-15-5-8-19(24)23-20(15)18(10-12)22-16-6-7-17-14(11-16)4-3-13(2)21-17/h3-4,6-7,9-11,22H,5,8H2,1-2H3,(H,23,24). The van der Waals surface area contributed by atoms with Gasteiger partial charge in [-0.15, -0.1) is 0 Å². The lowest BCUT2D eigenvalue weighted by atomic mass is 9.99. The second kappa shape index (κ2) is 5.64. The van der Waals surface area contributed by atoms with Crippen LogP contribution in [0.5, 0.6) is 0 Å². The van der Waals surface area contributed by atoms with Crippen LogP contribution in [0.2, 0.25) is 0 Å². The number of hydrogen-bond donors (Lipinski definition) is 2. The van der Waals surface area contributed by atoms with Crippen molar-refractivity contribution in [3.63, 3.8) is 0 Å². The average Bonchev–Trinajstić information content (AvgIpc) is 2.55. The van der Waals surface area contributed by atoms with E-state index in [9.17, 15) is 4.79 Å². The van der Waals surface area contributed by atoms with Crippen molar-refractivity contribution in [2.75, 3.05) is 10.6 Å². The molecule has 1 aliphatic rings. The molecule has 1 aliphatic heterocycles. The van der Waals surface area contributed by atoms with Crippen LogP contribution in [0.4, 0.5) is 17.1 Å². The highest BCUT2D eigenvalue weighted by atomic mass is 16.1. The van der Waals surface area contributed by atoms with E-state index >= 15 is 0 Å². The molecule has 3 aromatic rings. The molecular weight excluding hydrogens is 298 g/mol. The van der Waals surface area contributed by atoms with Gasteiger partial charge in [0, 0.05) is 23.2 Å². The lowest BCUT2D eigenvalue weighted by Gasteiger charge is -2.22. The number of anilines is 3. The quantitative estimate of drug-likeness (QED) is 0.732. The number of benzene rings is 2. The van der Waals surface area contributed by atoms with Gasteiger partial charge in [-0.3, -0.25) is 9.78 Å². The van der Waals surface area contributed by atoms with Crippen molar-refractivity contribution < 1.29 is 4.79 Å². The number of carbonyl (C=O) groups excluding carboxylic acids is 1. The van der Waals surface area contributed by atoms with Crippen LogP contribution in [0.25, 0.3) is 10.9 Å². The summed E-state index contributed by atoms with van der Waals surface area (Å²) in [6, 6.07) is 14.4. The Kier molecular flexibility index (Phi) is 3.45. The third-order valence-corrected chi connectivity index (χ3v) is 4.36. The third-order valence-electron chi connectivity index (χ3n) is 4.36. The van der Waals surface area contributed by atoms with Crippen LogP contribution in [-0.2, 0) is 11.2 Å². The summed E-state index contributed by atoms with van der Waals surface area (Å²) in [5.41, 5.74) is 7.21. The Morgan fingerprint density at radius 3 is 2.79 bits per heavy atom. The smallest absolute Gasteiger partial charge is 0.224 e. The maximum atomic E-state index is 11.8. The summed E-state index contributed by atoms with van der Waals surface area (Å²) >= 11 is 0. The van der Waals surface area contributed by atoms with Gasteiger partial charge in [0.25, 0.3) is 0 Å². The Hall–Kier alpha value is -2.88. The molecule has 2 aromatic carbocycles. The highest BCUT2D eigenvalue weighted by molar-refractivity contribution is 5.99. The second-order valence-electron chi connectivity index (χ2n) is 6.38. The number of rotatable bonds is 2. The number of amides is 1. The van der Waals surface area contributed by atoms with Gasteiger partial charge >= 0.3 is 0 Å². The maximum absolute atomic E-state index is 11.8. The van der Waals surface area contributed by atoms with Gasteiger partial charge in [0.15, 0.2) is 0 Å². The van der Waals surface area contributed by atoms with Crippen molar-refractivity contribution in [2.24, 2.45) is 0 Å². The molecule has 1 amide bonds. The van der Waals surface area contributed by atoms with Crippen LogP contribution in [0.15, 0.2) is 42.5 Å². The van der Waals surface area contributed by atoms with Crippen LogP contribution >= 0.6 is 0 Å². The number of nitrogens with one attached hydrogen (secondary N) is 2. The zero-order chi connectivity index (χ0) is 16.7. The minimum atomic E-state index is 0.0765. The monoisotopic (exact) mass is 317 g/mol. The molecule has 4 rings (SSSR count). The predicted molar refractivity (Wildman–Crippen MR) is 97.9 cm³/mol. The molecule has 120 valence electrons. The average molecular weight is 317 g/mol.